The molecule has 0 atom stereocenters. The number of rotatable bonds is 13. The van der Waals surface area contributed by atoms with Crippen molar-refractivity contribution >= 4 is 5.91 Å². The molecule has 0 fully saturated rings. The third kappa shape index (κ3) is 7.14. The summed E-state index contributed by atoms with van der Waals surface area (Å²) in [7, 11) is 0. The molecule has 2 aromatic carbocycles. The van der Waals surface area contributed by atoms with Crippen LogP contribution in [0.4, 0.5) is 0 Å². The second-order valence-electron chi connectivity index (χ2n) is 7.70. The van der Waals surface area contributed by atoms with Gasteiger partial charge in [-0.3, -0.25) is 4.79 Å². The first-order chi connectivity index (χ1) is 13.8. The summed E-state index contributed by atoms with van der Waals surface area (Å²) >= 11 is 0. The van der Waals surface area contributed by atoms with Crippen molar-refractivity contribution in [2.24, 2.45) is 0 Å². The van der Waals surface area contributed by atoms with Crippen LogP contribution in [0, 0.1) is 0 Å². The number of amides is 1. The number of carbonyl (C=O) groups is 1. The van der Waals surface area contributed by atoms with Gasteiger partial charge in [0.15, 0.2) is 0 Å². The lowest BCUT2D eigenvalue weighted by Crippen LogP contribution is -2.37. The lowest BCUT2D eigenvalue weighted by Gasteiger charge is -2.28. The van der Waals surface area contributed by atoms with Crippen LogP contribution < -0.4 is 0 Å². The molecule has 0 aromatic heterocycles. The molecule has 0 spiro atoms. The third-order valence-electron chi connectivity index (χ3n) is 5.39. The lowest BCUT2D eigenvalue weighted by molar-refractivity contribution is -0.132. The molecular weight excluding hydrogens is 342 g/mol. The van der Waals surface area contributed by atoms with Crippen LogP contribution in [-0.4, -0.2) is 23.9 Å². The van der Waals surface area contributed by atoms with Gasteiger partial charge in [-0.05, 0) is 24.0 Å². The molecule has 2 rings (SSSR count). The van der Waals surface area contributed by atoms with Gasteiger partial charge in [-0.1, -0.05) is 113 Å². The molecule has 0 aliphatic carbocycles. The average molecular weight is 380 g/mol. The van der Waals surface area contributed by atoms with Crippen LogP contribution in [0.15, 0.2) is 60.7 Å². The summed E-state index contributed by atoms with van der Waals surface area (Å²) in [5, 5.41) is 0. The van der Waals surface area contributed by atoms with Crippen LogP contribution in [0.1, 0.15) is 82.3 Å². The minimum absolute atomic E-state index is 0.209. The van der Waals surface area contributed by atoms with E-state index < -0.39 is 0 Å². The number of hydrogen-bond acceptors (Lipinski definition) is 1. The largest absolute Gasteiger partial charge is 0.342 e. The number of unbranched alkanes of at least 4 members (excludes halogenated alkanes) is 6. The van der Waals surface area contributed by atoms with Gasteiger partial charge in [0.1, 0.15) is 0 Å². The van der Waals surface area contributed by atoms with E-state index in [1.165, 1.54) is 38.5 Å². The van der Waals surface area contributed by atoms with Gasteiger partial charge >= 0.3 is 0 Å². The highest BCUT2D eigenvalue weighted by Crippen LogP contribution is 2.27. The molecule has 0 unspecified atom stereocenters. The zero-order valence-corrected chi connectivity index (χ0v) is 17.8. The first kappa shape index (κ1) is 22.2. The molecule has 0 saturated heterocycles. The van der Waals surface area contributed by atoms with E-state index in [4.69, 9.17) is 0 Å². The Morgan fingerprint density at radius 1 is 0.679 bits per heavy atom. The maximum atomic E-state index is 13.7. The van der Waals surface area contributed by atoms with Crippen LogP contribution >= 0.6 is 0 Å². The van der Waals surface area contributed by atoms with Crippen LogP contribution in [0.5, 0.6) is 0 Å². The van der Waals surface area contributed by atoms with Crippen molar-refractivity contribution in [1.29, 1.82) is 0 Å². The maximum Gasteiger partial charge on any atom is 0.234 e. The third-order valence-corrected chi connectivity index (χ3v) is 5.39. The SMILES string of the molecule is CCCCCCN(CCCCCC)C(=O)C(c1ccccc1)c1ccccc1. The fourth-order valence-electron chi connectivity index (χ4n) is 3.74. The quantitative estimate of drug-likeness (QED) is 0.350. The van der Waals surface area contributed by atoms with Crippen molar-refractivity contribution in [3.8, 4) is 0 Å². The van der Waals surface area contributed by atoms with Crippen LogP contribution in [-0.2, 0) is 4.79 Å². The molecule has 1 amide bonds. The van der Waals surface area contributed by atoms with Gasteiger partial charge in [-0.2, -0.15) is 0 Å². The summed E-state index contributed by atoms with van der Waals surface area (Å²) in [5.74, 6) is 0.0464. The zero-order valence-electron chi connectivity index (χ0n) is 17.8. The van der Waals surface area contributed by atoms with Crippen molar-refractivity contribution in [3.05, 3.63) is 71.8 Å². The first-order valence-electron chi connectivity index (χ1n) is 11.2. The summed E-state index contributed by atoms with van der Waals surface area (Å²) < 4.78 is 0. The predicted molar refractivity (Wildman–Crippen MR) is 120 cm³/mol. The van der Waals surface area contributed by atoms with E-state index in [0.29, 0.717) is 0 Å². The van der Waals surface area contributed by atoms with Gasteiger partial charge < -0.3 is 4.90 Å². The Balaban J connectivity index is 2.19. The monoisotopic (exact) mass is 379 g/mol. The molecule has 0 N–H and O–H groups in total. The van der Waals surface area contributed by atoms with Crippen molar-refractivity contribution in [2.45, 2.75) is 71.1 Å². The second-order valence-corrected chi connectivity index (χ2v) is 7.70. The van der Waals surface area contributed by atoms with Gasteiger partial charge in [0.2, 0.25) is 5.91 Å². The summed E-state index contributed by atoms with van der Waals surface area (Å²) in [6.07, 6.45) is 9.56. The van der Waals surface area contributed by atoms with Gasteiger partial charge in [-0.25, -0.2) is 0 Å². The topological polar surface area (TPSA) is 20.3 Å². The van der Waals surface area contributed by atoms with E-state index in [1.807, 2.05) is 36.4 Å². The van der Waals surface area contributed by atoms with E-state index in [9.17, 15) is 4.79 Å². The molecule has 0 heterocycles. The molecule has 0 aliphatic heterocycles. The summed E-state index contributed by atoms with van der Waals surface area (Å²) in [5.41, 5.74) is 2.18. The van der Waals surface area contributed by atoms with Crippen molar-refractivity contribution in [3.63, 3.8) is 0 Å². The van der Waals surface area contributed by atoms with Gasteiger partial charge in [0.25, 0.3) is 0 Å². The van der Waals surface area contributed by atoms with Gasteiger partial charge in [0, 0.05) is 13.1 Å². The minimum Gasteiger partial charge on any atom is -0.342 e. The predicted octanol–water partition coefficient (Wildman–Crippen LogP) is 6.81. The molecule has 0 bridgehead atoms. The molecule has 2 nitrogen and oxygen atoms in total. The summed E-state index contributed by atoms with van der Waals surface area (Å²) in [6.45, 7) is 6.21. The van der Waals surface area contributed by atoms with Crippen molar-refractivity contribution < 1.29 is 4.79 Å². The van der Waals surface area contributed by atoms with E-state index in [-0.39, 0.29) is 11.8 Å². The Morgan fingerprint density at radius 2 is 1.11 bits per heavy atom. The second kappa shape index (κ2) is 13.1. The first-order valence-corrected chi connectivity index (χ1v) is 11.2. The fourth-order valence-corrected chi connectivity index (χ4v) is 3.74. The summed E-state index contributed by atoms with van der Waals surface area (Å²) in [4.78, 5) is 15.8. The van der Waals surface area contributed by atoms with E-state index >= 15 is 0 Å². The Bertz CT molecular complexity index is 601. The van der Waals surface area contributed by atoms with Crippen LogP contribution in [0.3, 0.4) is 0 Å². The molecule has 2 aromatic rings. The smallest absolute Gasteiger partial charge is 0.234 e. The molecular formula is C26H37NO. The Labute approximate surface area is 172 Å². The average Bonchev–Trinajstić information content (AvgIpc) is 2.74. The Kier molecular flexibility index (Phi) is 10.4. The highest BCUT2D eigenvalue weighted by molar-refractivity contribution is 5.87. The molecule has 2 heteroatoms. The fraction of sp³-hybridized carbons (Fsp3) is 0.500. The molecule has 28 heavy (non-hydrogen) atoms. The highest BCUT2D eigenvalue weighted by Gasteiger charge is 2.27. The standard InChI is InChI=1S/C26H37NO/c1-3-5-7-15-21-27(22-16-8-6-4-2)26(28)25(23-17-11-9-12-18-23)24-19-13-10-14-20-24/h9-14,17-20,25H,3-8,15-16,21-22H2,1-2H3. The van der Waals surface area contributed by atoms with E-state index in [0.717, 1.165) is 37.1 Å². The number of carbonyl (C=O) groups excluding carboxylic acids is 1. The number of hydrogen-bond donors (Lipinski definition) is 0. The number of benzene rings is 2. The normalized spacial score (nSPS) is 11.0. The Hall–Kier alpha value is -2.09. The minimum atomic E-state index is -0.209. The van der Waals surface area contributed by atoms with Crippen LogP contribution in [0.2, 0.25) is 0 Å². The molecule has 0 radical (unpaired) electrons. The maximum absolute atomic E-state index is 13.7. The van der Waals surface area contributed by atoms with Crippen molar-refractivity contribution in [2.75, 3.05) is 13.1 Å². The molecule has 152 valence electrons. The zero-order chi connectivity index (χ0) is 20.0. The van der Waals surface area contributed by atoms with Crippen molar-refractivity contribution in [1.82, 2.24) is 4.90 Å². The van der Waals surface area contributed by atoms with Gasteiger partial charge in [-0.15, -0.1) is 0 Å². The molecule has 0 saturated carbocycles. The van der Waals surface area contributed by atoms with E-state index in [2.05, 4.69) is 43.0 Å². The number of nitrogens with zero attached hydrogens (tertiary/aromatic N) is 1. The lowest BCUT2D eigenvalue weighted by atomic mass is 9.90. The summed E-state index contributed by atoms with van der Waals surface area (Å²) in [6, 6.07) is 20.5. The Morgan fingerprint density at radius 3 is 1.50 bits per heavy atom. The highest BCUT2D eigenvalue weighted by atomic mass is 16.2. The molecule has 0 aliphatic rings. The van der Waals surface area contributed by atoms with Gasteiger partial charge in [0.05, 0.1) is 5.92 Å². The van der Waals surface area contributed by atoms with Crippen LogP contribution in [0.25, 0.3) is 0 Å². The van der Waals surface area contributed by atoms with E-state index in [1.54, 1.807) is 0 Å².